The average molecular weight is 335 g/mol. The quantitative estimate of drug-likeness (QED) is 0.736. The van der Waals surface area contributed by atoms with Crippen LogP contribution in [0.3, 0.4) is 0 Å². The fraction of sp³-hybridized carbons (Fsp3) is 0.400. The molecular weight excluding hydrogens is 327 g/mol. The van der Waals surface area contributed by atoms with Crippen molar-refractivity contribution in [3.8, 4) is 0 Å². The highest BCUT2D eigenvalue weighted by molar-refractivity contribution is 6.67. The van der Waals surface area contributed by atoms with Crippen molar-refractivity contribution in [3.05, 3.63) is 27.0 Å². The third kappa shape index (κ3) is 3.62. The average Bonchev–Trinajstić information content (AvgIpc) is 2.16. The van der Waals surface area contributed by atoms with Crippen LogP contribution in [0.15, 0.2) is 0 Å². The Morgan fingerprint density at radius 3 is 2.18 bits per heavy atom. The number of halogens is 5. The molecule has 94 valence electrons. The number of carbonyl (C=O) groups is 1. The molecule has 0 aromatic carbocycles. The van der Waals surface area contributed by atoms with Gasteiger partial charge in [-0.1, -0.05) is 58.0 Å². The fourth-order valence-electron chi connectivity index (χ4n) is 1.32. The van der Waals surface area contributed by atoms with Crippen LogP contribution >= 0.6 is 58.0 Å². The Balaban J connectivity index is 3.48. The lowest BCUT2D eigenvalue weighted by atomic mass is 10.1. The van der Waals surface area contributed by atoms with Crippen LogP contribution in [-0.2, 0) is 15.0 Å². The number of carbonyl (C=O) groups excluding carboxylic acids is 1. The fourth-order valence-corrected chi connectivity index (χ4v) is 2.47. The smallest absolute Gasteiger partial charge is 0.234 e. The lowest BCUT2D eigenvalue weighted by molar-refractivity contribution is -0.116. The molecule has 0 radical (unpaired) electrons. The molecule has 1 heterocycles. The van der Waals surface area contributed by atoms with Crippen LogP contribution in [0.5, 0.6) is 0 Å². The lowest BCUT2D eigenvalue weighted by Gasteiger charge is -2.17. The lowest BCUT2D eigenvalue weighted by Crippen LogP contribution is -2.10. The minimum absolute atomic E-state index is 0.0781. The van der Waals surface area contributed by atoms with Crippen molar-refractivity contribution in [2.45, 2.75) is 24.1 Å². The molecule has 0 atom stereocenters. The second-order valence-electron chi connectivity index (χ2n) is 3.53. The zero-order chi connectivity index (χ0) is 13.4. The summed E-state index contributed by atoms with van der Waals surface area (Å²) in [6.45, 7) is 3.08. The van der Waals surface area contributed by atoms with Gasteiger partial charge in [0.2, 0.25) is 3.79 Å². The third-order valence-electron chi connectivity index (χ3n) is 2.03. The van der Waals surface area contributed by atoms with Gasteiger partial charge in [0.1, 0.15) is 11.5 Å². The zero-order valence-electron chi connectivity index (χ0n) is 8.95. The number of alkyl halides is 3. The van der Waals surface area contributed by atoms with Crippen LogP contribution in [0, 0.1) is 6.92 Å². The Kier molecular flexibility index (Phi) is 4.96. The van der Waals surface area contributed by atoms with Crippen LogP contribution in [0.2, 0.25) is 10.0 Å². The molecule has 1 aromatic heterocycles. The van der Waals surface area contributed by atoms with Crippen LogP contribution in [0.4, 0.5) is 0 Å². The molecule has 0 aliphatic heterocycles. The first-order chi connectivity index (χ1) is 7.64. The van der Waals surface area contributed by atoms with E-state index < -0.39 is 3.79 Å². The number of Topliss-reactive ketones (excluding diaryl/α,β-unsaturated/α-hetero) is 1. The van der Waals surface area contributed by atoms with E-state index in [1.54, 1.807) is 6.92 Å². The summed E-state index contributed by atoms with van der Waals surface area (Å²) in [5, 5.41) is 0.444. The first-order valence-electron chi connectivity index (χ1n) is 4.55. The molecule has 17 heavy (non-hydrogen) atoms. The van der Waals surface area contributed by atoms with Gasteiger partial charge in [0.25, 0.3) is 0 Å². The molecule has 0 bridgehead atoms. The van der Waals surface area contributed by atoms with Gasteiger partial charge in [-0.05, 0) is 13.8 Å². The predicted octanol–water partition coefficient (Wildman–Crippen LogP) is 4.66. The summed E-state index contributed by atoms with van der Waals surface area (Å²) in [6, 6.07) is 0. The van der Waals surface area contributed by atoms with Gasteiger partial charge in [0, 0.05) is 12.0 Å². The summed E-state index contributed by atoms with van der Waals surface area (Å²) in [6.07, 6.45) is 0.0781. The van der Waals surface area contributed by atoms with E-state index in [9.17, 15) is 4.79 Å². The Bertz CT molecular complexity index is 467. The van der Waals surface area contributed by atoms with E-state index in [2.05, 4.69) is 4.98 Å². The molecule has 1 rings (SSSR count). The minimum Gasteiger partial charge on any atom is -0.300 e. The molecule has 0 amide bonds. The molecule has 0 fully saturated rings. The van der Waals surface area contributed by atoms with Crippen molar-refractivity contribution in [1.82, 2.24) is 4.98 Å². The molecule has 0 N–H and O–H groups in total. The van der Waals surface area contributed by atoms with E-state index in [4.69, 9.17) is 58.0 Å². The van der Waals surface area contributed by atoms with Crippen molar-refractivity contribution < 1.29 is 4.79 Å². The predicted molar refractivity (Wildman–Crippen MR) is 72.6 cm³/mol. The minimum atomic E-state index is -1.75. The largest absolute Gasteiger partial charge is 0.300 e. The Morgan fingerprint density at radius 2 is 1.76 bits per heavy atom. The van der Waals surface area contributed by atoms with Crippen LogP contribution < -0.4 is 0 Å². The van der Waals surface area contributed by atoms with Gasteiger partial charge in [-0.3, -0.25) is 9.78 Å². The van der Waals surface area contributed by atoms with E-state index in [-0.39, 0.29) is 22.9 Å². The summed E-state index contributed by atoms with van der Waals surface area (Å²) in [5.41, 5.74) is 0.991. The second kappa shape index (κ2) is 5.50. The van der Waals surface area contributed by atoms with E-state index >= 15 is 0 Å². The number of pyridine rings is 1. The Labute approximate surface area is 124 Å². The van der Waals surface area contributed by atoms with E-state index in [1.165, 1.54) is 6.92 Å². The molecule has 0 spiro atoms. The summed E-state index contributed by atoms with van der Waals surface area (Å²) in [4.78, 5) is 15.2. The number of ketones is 1. The highest BCUT2D eigenvalue weighted by atomic mass is 35.6. The highest BCUT2D eigenvalue weighted by Gasteiger charge is 2.31. The molecule has 7 heteroatoms. The number of aryl methyl sites for hydroxylation is 1. The maximum absolute atomic E-state index is 11.2. The van der Waals surface area contributed by atoms with Crippen molar-refractivity contribution in [2.24, 2.45) is 0 Å². The maximum Gasteiger partial charge on any atom is 0.234 e. The standard InChI is InChI=1S/C10H8Cl5NO/c1-4(17)3-6-7(11)5(2)16-9(8(6)12)10(13,14)15/h3H2,1-2H3. The van der Waals surface area contributed by atoms with Crippen LogP contribution in [-0.4, -0.2) is 10.8 Å². The molecule has 0 unspecified atom stereocenters. The van der Waals surface area contributed by atoms with Crippen LogP contribution in [0.25, 0.3) is 0 Å². The molecule has 1 aromatic rings. The molecule has 0 aliphatic carbocycles. The first-order valence-corrected chi connectivity index (χ1v) is 6.44. The monoisotopic (exact) mass is 333 g/mol. The molecular formula is C10H8Cl5NO. The number of rotatable bonds is 2. The number of nitrogens with zero attached hydrogens (tertiary/aromatic N) is 1. The van der Waals surface area contributed by atoms with Gasteiger partial charge in [-0.15, -0.1) is 0 Å². The van der Waals surface area contributed by atoms with Crippen molar-refractivity contribution in [1.29, 1.82) is 0 Å². The molecule has 0 aliphatic rings. The normalized spacial score (nSPS) is 11.7. The summed E-state index contributed by atoms with van der Waals surface area (Å²) < 4.78 is -1.75. The molecule has 0 saturated heterocycles. The Morgan fingerprint density at radius 1 is 1.24 bits per heavy atom. The van der Waals surface area contributed by atoms with Gasteiger partial charge in [0.05, 0.1) is 15.7 Å². The zero-order valence-corrected chi connectivity index (χ0v) is 12.7. The van der Waals surface area contributed by atoms with Gasteiger partial charge in [0.15, 0.2) is 0 Å². The number of aromatic nitrogens is 1. The maximum atomic E-state index is 11.2. The van der Waals surface area contributed by atoms with Gasteiger partial charge in [-0.2, -0.15) is 0 Å². The van der Waals surface area contributed by atoms with E-state index in [0.29, 0.717) is 16.3 Å². The number of hydrogen-bond acceptors (Lipinski definition) is 2. The van der Waals surface area contributed by atoms with Gasteiger partial charge < -0.3 is 0 Å². The number of hydrogen-bond donors (Lipinski definition) is 0. The Hall–Kier alpha value is 0.270. The van der Waals surface area contributed by atoms with Crippen LogP contribution in [0.1, 0.15) is 23.9 Å². The van der Waals surface area contributed by atoms with Crippen molar-refractivity contribution in [2.75, 3.05) is 0 Å². The van der Waals surface area contributed by atoms with E-state index in [0.717, 1.165) is 0 Å². The second-order valence-corrected chi connectivity index (χ2v) is 6.57. The summed E-state index contributed by atoms with van der Waals surface area (Å²) in [7, 11) is 0. The molecule has 2 nitrogen and oxygen atoms in total. The summed E-state index contributed by atoms with van der Waals surface area (Å²) >= 11 is 29.4. The highest BCUT2D eigenvalue weighted by Crippen LogP contribution is 2.43. The molecule has 0 saturated carbocycles. The van der Waals surface area contributed by atoms with Crippen molar-refractivity contribution in [3.63, 3.8) is 0 Å². The topological polar surface area (TPSA) is 30.0 Å². The van der Waals surface area contributed by atoms with Gasteiger partial charge >= 0.3 is 0 Å². The van der Waals surface area contributed by atoms with Gasteiger partial charge in [-0.25, -0.2) is 0 Å². The van der Waals surface area contributed by atoms with E-state index in [1.807, 2.05) is 0 Å². The van der Waals surface area contributed by atoms with Crippen molar-refractivity contribution >= 4 is 63.8 Å². The third-order valence-corrected chi connectivity index (χ3v) is 3.47. The summed E-state index contributed by atoms with van der Waals surface area (Å²) in [5.74, 6) is -0.0883. The SMILES string of the molecule is CC(=O)Cc1c(Cl)c(C)nc(C(Cl)(Cl)Cl)c1Cl. The first kappa shape index (κ1) is 15.3.